The highest BCUT2D eigenvalue weighted by Gasteiger charge is 2.23. The lowest BCUT2D eigenvalue weighted by Crippen LogP contribution is -2.42. The average Bonchev–Trinajstić information content (AvgIpc) is 2.63. The zero-order valence-electron chi connectivity index (χ0n) is 16.1. The Bertz CT molecular complexity index is 846. The molecule has 0 saturated carbocycles. The zero-order valence-corrected chi connectivity index (χ0v) is 17.8. The fourth-order valence-corrected chi connectivity index (χ4v) is 3.31. The number of rotatable bonds is 4. The minimum absolute atomic E-state index is 0. The van der Waals surface area contributed by atoms with Crippen molar-refractivity contribution in [1.82, 2.24) is 4.90 Å². The van der Waals surface area contributed by atoms with Crippen molar-refractivity contribution >= 4 is 42.1 Å². The van der Waals surface area contributed by atoms with E-state index in [2.05, 4.69) is 17.3 Å². The van der Waals surface area contributed by atoms with E-state index in [-0.39, 0.29) is 42.2 Å². The van der Waals surface area contributed by atoms with Crippen LogP contribution in [-0.4, -0.2) is 44.0 Å². The Balaban J connectivity index is 0.00000210. The summed E-state index contributed by atoms with van der Waals surface area (Å²) in [6.07, 6.45) is 1.84. The summed E-state index contributed by atoms with van der Waals surface area (Å²) >= 11 is 0. The molecule has 2 aromatic carbocycles. The number of likely N-dealkylation sites (tertiary alicyclic amines) is 1. The topological polar surface area (TPSA) is 35.6 Å². The molecule has 0 aromatic heterocycles. The average molecular weight is 450 g/mol. The van der Waals surface area contributed by atoms with E-state index in [1.165, 1.54) is 18.2 Å². The fourth-order valence-electron chi connectivity index (χ4n) is 3.31. The number of hydrogen-bond donors (Lipinski definition) is 1. The first-order valence-corrected chi connectivity index (χ1v) is 8.82. The Morgan fingerprint density at radius 3 is 2.31 bits per heavy atom. The number of anilines is 2. The van der Waals surface area contributed by atoms with Crippen LogP contribution in [-0.2, 0) is 0 Å². The van der Waals surface area contributed by atoms with Gasteiger partial charge in [0.05, 0.1) is 11.3 Å². The second kappa shape index (κ2) is 10.7. The third-order valence-corrected chi connectivity index (χ3v) is 5.00. The summed E-state index contributed by atoms with van der Waals surface area (Å²) in [7, 11) is 3.89. The smallest absolute Gasteiger partial charge is 0.258 e. The van der Waals surface area contributed by atoms with Crippen LogP contribution in [0, 0.1) is 17.5 Å². The zero-order chi connectivity index (χ0) is 19.6. The molecule has 0 atom stereocenters. The highest BCUT2D eigenvalue weighted by molar-refractivity contribution is 6.04. The van der Waals surface area contributed by atoms with Gasteiger partial charge in [0.1, 0.15) is 17.5 Å². The normalized spacial score (nSPS) is 14.5. The van der Waals surface area contributed by atoms with Crippen molar-refractivity contribution in [2.24, 2.45) is 0 Å². The number of hydrogen-bond acceptors (Lipinski definition) is 3. The van der Waals surface area contributed by atoms with Crippen LogP contribution in [0.5, 0.6) is 0 Å². The lowest BCUT2D eigenvalue weighted by molar-refractivity contribution is 0.102. The number of benzene rings is 2. The van der Waals surface area contributed by atoms with Gasteiger partial charge in [-0.25, -0.2) is 13.2 Å². The van der Waals surface area contributed by atoms with Gasteiger partial charge >= 0.3 is 0 Å². The van der Waals surface area contributed by atoms with Crippen LogP contribution in [0.3, 0.4) is 0 Å². The molecule has 160 valence electrons. The third kappa shape index (κ3) is 6.01. The molecule has 1 heterocycles. The lowest BCUT2D eigenvalue weighted by Gasteiger charge is -2.36. The maximum absolute atomic E-state index is 14.4. The first-order chi connectivity index (χ1) is 12.8. The summed E-state index contributed by atoms with van der Waals surface area (Å²) in [5.41, 5.74) is 0.452. The van der Waals surface area contributed by atoms with Crippen molar-refractivity contribution in [1.29, 1.82) is 0 Å². The van der Waals surface area contributed by atoms with E-state index < -0.39 is 17.5 Å². The number of nitrogens with zero attached hydrogens (tertiary/aromatic N) is 2. The van der Waals surface area contributed by atoms with Gasteiger partial charge in [-0.3, -0.25) is 4.79 Å². The van der Waals surface area contributed by atoms with Crippen LogP contribution in [0.15, 0.2) is 36.4 Å². The number of amides is 1. The van der Waals surface area contributed by atoms with Crippen LogP contribution in [0.4, 0.5) is 24.5 Å². The Labute approximate surface area is 180 Å². The molecule has 9 heteroatoms. The molecule has 1 aliphatic rings. The maximum Gasteiger partial charge on any atom is 0.258 e. The minimum Gasteiger partial charge on any atom is -0.369 e. The number of carbonyl (C=O) groups excluding carboxylic acids is 1. The number of carbonyl (C=O) groups is 1. The lowest BCUT2D eigenvalue weighted by atomic mass is 10.0. The predicted molar refractivity (Wildman–Crippen MR) is 114 cm³/mol. The summed E-state index contributed by atoms with van der Waals surface area (Å²) < 4.78 is 41.1. The van der Waals surface area contributed by atoms with Crippen LogP contribution < -0.4 is 10.2 Å². The summed E-state index contributed by atoms with van der Waals surface area (Å²) in [5.74, 6) is -2.81. The van der Waals surface area contributed by atoms with Crippen LogP contribution >= 0.6 is 24.8 Å². The molecule has 29 heavy (non-hydrogen) atoms. The van der Waals surface area contributed by atoms with Gasteiger partial charge in [0.25, 0.3) is 5.91 Å². The Morgan fingerprint density at radius 1 is 1.03 bits per heavy atom. The van der Waals surface area contributed by atoms with E-state index in [9.17, 15) is 18.0 Å². The van der Waals surface area contributed by atoms with Crippen molar-refractivity contribution in [3.05, 3.63) is 59.4 Å². The van der Waals surface area contributed by atoms with Crippen molar-refractivity contribution in [2.45, 2.75) is 18.9 Å². The monoisotopic (exact) mass is 449 g/mol. The molecule has 1 N–H and O–H groups in total. The fraction of sp³-hybridized carbons (Fsp3) is 0.350. The standard InChI is InChI=1S/C20H22F3N3O.2ClH/c1-25-9-7-15(8-10-25)26(2)19-12-14(4-6-17(19)22)24-20(27)16-5-3-13(21)11-18(16)23;;/h3-6,11-12,15H,7-10H2,1-2H3,(H,24,27);2*1H. The van der Waals surface area contributed by atoms with Crippen molar-refractivity contribution in [3.8, 4) is 0 Å². The van der Waals surface area contributed by atoms with Crippen LogP contribution in [0.25, 0.3) is 0 Å². The highest BCUT2D eigenvalue weighted by atomic mass is 35.5. The van der Waals surface area contributed by atoms with Crippen LogP contribution in [0.1, 0.15) is 23.2 Å². The van der Waals surface area contributed by atoms with Crippen molar-refractivity contribution < 1.29 is 18.0 Å². The van der Waals surface area contributed by atoms with E-state index in [1.807, 2.05) is 11.9 Å². The third-order valence-electron chi connectivity index (χ3n) is 5.00. The minimum atomic E-state index is -0.946. The van der Waals surface area contributed by atoms with Gasteiger partial charge in [0.2, 0.25) is 0 Å². The predicted octanol–water partition coefficient (Wildman–Crippen LogP) is 4.73. The first-order valence-electron chi connectivity index (χ1n) is 8.82. The largest absolute Gasteiger partial charge is 0.369 e. The van der Waals surface area contributed by atoms with E-state index in [1.54, 1.807) is 0 Å². The molecule has 1 amide bonds. The maximum atomic E-state index is 14.4. The molecular weight excluding hydrogens is 426 g/mol. The van der Waals surface area contributed by atoms with E-state index in [0.29, 0.717) is 17.4 Å². The summed E-state index contributed by atoms with van der Waals surface area (Å²) in [6.45, 7) is 1.88. The molecule has 1 aliphatic heterocycles. The molecule has 0 unspecified atom stereocenters. The van der Waals surface area contributed by atoms with Crippen molar-refractivity contribution in [2.75, 3.05) is 37.4 Å². The van der Waals surface area contributed by atoms with Crippen LogP contribution in [0.2, 0.25) is 0 Å². The molecule has 4 nitrogen and oxygen atoms in total. The Hall–Kier alpha value is -1.96. The Morgan fingerprint density at radius 2 is 1.69 bits per heavy atom. The second-order valence-corrected chi connectivity index (χ2v) is 6.89. The summed E-state index contributed by atoms with van der Waals surface area (Å²) in [4.78, 5) is 16.4. The number of halogens is 5. The molecule has 0 radical (unpaired) electrons. The molecule has 0 spiro atoms. The number of piperidine rings is 1. The molecular formula is C20H24Cl2F3N3O. The van der Waals surface area contributed by atoms with Gasteiger partial charge in [-0.05, 0) is 63.3 Å². The molecule has 2 aromatic rings. The van der Waals surface area contributed by atoms with Gasteiger partial charge in [0, 0.05) is 24.8 Å². The molecule has 3 rings (SSSR count). The van der Waals surface area contributed by atoms with E-state index in [0.717, 1.165) is 38.1 Å². The summed E-state index contributed by atoms with van der Waals surface area (Å²) in [5, 5.41) is 2.55. The molecule has 1 saturated heterocycles. The SMILES string of the molecule is CN1CCC(N(C)c2cc(NC(=O)c3ccc(F)cc3F)ccc2F)CC1.Cl.Cl. The molecule has 0 aliphatic carbocycles. The van der Waals surface area contributed by atoms with Gasteiger partial charge in [-0.15, -0.1) is 24.8 Å². The second-order valence-electron chi connectivity index (χ2n) is 6.89. The summed E-state index contributed by atoms with van der Waals surface area (Å²) in [6, 6.07) is 7.18. The number of nitrogens with one attached hydrogen (secondary N) is 1. The molecule has 1 fully saturated rings. The van der Waals surface area contributed by atoms with Gasteiger partial charge < -0.3 is 15.1 Å². The Kier molecular flexibility index (Phi) is 9.26. The quantitative estimate of drug-likeness (QED) is 0.732. The van der Waals surface area contributed by atoms with Gasteiger partial charge in [-0.1, -0.05) is 0 Å². The first kappa shape index (κ1) is 25.1. The van der Waals surface area contributed by atoms with E-state index >= 15 is 0 Å². The molecule has 0 bridgehead atoms. The van der Waals surface area contributed by atoms with Crippen molar-refractivity contribution in [3.63, 3.8) is 0 Å². The van der Waals surface area contributed by atoms with E-state index in [4.69, 9.17) is 0 Å². The van der Waals surface area contributed by atoms with Gasteiger partial charge in [-0.2, -0.15) is 0 Å². The van der Waals surface area contributed by atoms with Gasteiger partial charge in [0.15, 0.2) is 0 Å². The highest BCUT2D eigenvalue weighted by Crippen LogP contribution is 2.27.